The number of Topliss-reactive ketones (excluding diaryl/α,β-unsaturated/α-hetero) is 2. The number of carbonyl (C=O) groups excluding carboxylic acids is 4. The normalized spacial score (nSPS) is 16.9. The van der Waals surface area contributed by atoms with Crippen LogP contribution in [0, 0.1) is 23.5 Å². The molecule has 0 aliphatic carbocycles. The van der Waals surface area contributed by atoms with E-state index in [0.717, 1.165) is 70.6 Å². The van der Waals surface area contributed by atoms with Crippen molar-refractivity contribution in [2.75, 3.05) is 53.6 Å². The first-order valence-electron chi connectivity index (χ1n) is 24.0. The molecule has 6 aromatic rings. The number of ketones is 2. The van der Waals surface area contributed by atoms with Gasteiger partial charge < -0.3 is 28.7 Å². The minimum atomic E-state index is -0.254. The van der Waals surface area contributed by atoms with Crippen molar-refractivity contribution < 1.29 is 46.9 Å². The summed E-state index contributed by atoms with van der Waals surface area (Å²) >= 11 is 0. The van der Waals surface area contributed by atoms with E-state index in [2.05, 4.69) is 12.1 Å². The van der Waals surface area contributed by atoms with Crippen molar-refractivity contribution in [2.24, 2.45) is 11.8 Å². The zero-order valence-electron chi connectivity index (χ0n) is 39.4. The van der Waals surface area contributed by atoms with Gasteiger partial charge in [-0.15, -0.1) is 0 Å². The van der Waals surface area contributed by atoms with Gasteiger partial charge in [0.15, 0.2) is 11.6 Å². The molecule has 4 heterocycles. The maximum Gasteiger partial charge on any atom is 0.253 e. The maximum atomic E-state index is 13.7. The summed E-state index contributed by atoms with van der Waals surface area (Å²) in [6.07, 6.45) is 3.93. The topological polar surface area (TPSA) is 112 Å². The molecular weight excluding hydrogens is 891 g/mol. The summed E-state index contributed by atoms with van der Waals surface area (Å²) in [7, 11) is 3.30. The fraction of sp³-hybridized carbons (Fsp3) is 0.310. The van der Waals surface area contributed by atoms with Crippen molar-refractivity contribution in [2.45, 2.75) is 50.4 Å². The summed E-state index contributed by atoms with van der Waals surface area (Å²) in [4.78, 5) is 53.8. The highest BCUT2D eigenvalue weighted by atomic mass is 19.1. The summed E-state index contributed by atoms with van der Waals surface area (Å²) in [5, 5.41) is 0. The van der Waals surface area contributed by atoms with E-state index in [1.54, 1.807) is 50.6 Å². The maximum absolute atomic E-state index is 13.7. The monoisotopic (exact) mass is 946 g/mol. The number of hydrogen-bond acceptors (Lipinski definition) is 8. The minimum Gasteiger partial charge on any atom is -0.497 e. The summed E-state index contributed by atoms with van der Waals surface area (Å²) in [6.45, 7) is 2.73. The Kier molecular flexibility index (Phi) is 14.7. The Bertz CT molecular complexity index is 2660. The van der Waals surface area contributed by atoms with Gasteiger partial charge in [0.2, 0.25) is 0 Å². The lowest BCUT2D eigenvalue weighted by Crippen LogP contribution is -2.40. The summed E-state index contributed by atoms with van der Waals surface area (Å²) in [5.74, 6) is 3.18. The second-order valence-corrected chi connectivity index (χ2v) is 18.5. The van der Waals surface area contributed by atoms with Crippen molar-refractivity contribution in [1.82, 2.24) is 9.80 Å². The van der Waals surface area contributed by atoms with Crippen molar-refractivity contribution in [3.05, 3.63) is 190 Å². The second kappa shape index (κ2) is 21.5. The molecule has 70 heavy (non-hydrogen) atoms. The van der Waals surface area contributed by atoms with Gasteiger partial charge in [-0.2, -0.15) is 0 Å². The number of hydrogen-bond donors (Lipinski definition) is 0. The third-order valence-corrected chi connectivity index (χ3v) is 14.1. The Balaban J connectivity index is 0.000000174. The molecule has 0 saturated carbocycles. The lowest BCUT2D eigenvalue weighted by Gasteiger charge is -2.37. The molecule has 4 aliphatic heterocycles. The van der Waals surface area contributed by atoms with Crippen LogP contribution in [-0.4, -0.2) is 86.8 Å². The first kappa shape index (κ1) is 47.7. The van der Waals surface area contributed by atoms with Gasteiger partial charge in [-0.25, -0.2) is 8.78 Å². The molecule has 10 rings (SSSR count). The molecule has 0 bridgehead atoms. The standard InChI is InChI=1S/2C29H28FNO4/c2*1-34-26-4-2-3-21(17-26)28(19-5-8-24(30)9-6-19)20-11-13-31(14-12-20)29(33)22-7-10-27-23(15-22)16-25(32)18-35-27/h2*2-10,15,17,20,28H,11-14,16,18H2,1H3/t2*28-/m10/s1. The molecule has 360 valence electrons. The van der Waals surface area contributed by atoms with Crippen LogP contribution in [0.4, 0.5) is 8.78 Å². The van der Waals surface area contributed by atoms with Crippen LogP contribution >= 0.6 is 0 Å². The number of benzene rings is 6. The van der Waals surface area contributed by atoms with E-state index in [1.807, 2.05) is 70.5 Å². The van der Waals surface area contributed by atoms with Gasteiger partial charge in [-0.3, -0.25) is 19.2 Å². The van der Waals surface area contributed by atoms with Gasteiger partial charge in [-0.1, -0.05) is 48.5 Å². The molecule has 0 N–H and O–H groups in total. The number of piperidine rings is 2. The van der Waals surface area contributed by atoms with E-state index in [9.17, 15) is 28.0 Å². The first-order valence-corrected chi connectivity index (χ1v) is 24.0. The van der Waals surface area contributed by atoms with Gasteiger partial charge >= 0.3 is 0 Å². The third kappa shape index (κ3) is 10.9. The molecule has 4 aliphatic rings. The van der Waals surface area contributed by atoms with Gasteiger partial charge in [0.1, 0.15) is 47.8 Å². The van der Waals surface area contributed by atoms with Gasteiger partial charge in [0.25, 0.3) is 11.8 Å². The quantitative estimate of drug-likeness (QED) is 0.134. The van der Waals surface area contributed by atoms with Crippen molar-refractivity contribution >= 4 is 23.4 Å². The highest BCUT2D eigenvalue weighted by molar-refractivity contribution is 5.96. The summed E-state index contributed by atoms with van der Waals surface area (Å²) in [6, 6.07) is 40.2. The minimum absolute atomic E-state index is 0.0206. The van der Waals surface area contributed by atoms with E-state index in [1.165, 1.54) is 24.3 Å². The molecule has 0 aromatic heterocycles. The van der Waals surface area contributed by atoms with Crippen LogP contribution in [0.1, 0.15) is 91.6 Å². The predicted molar refractivity (Wildman–Crippen MR) is 261 cm³/mol. The SMILES string of the molecule is COc1cccc([C@@H](c2ccc(F)cc2)C2CCN(C(=O)c3ccc4c(c3)CC(=O)CO4)CC2)c1.COc1cccc([C@H](c2ccc(F)cc2)C2CCN(C(=O)c3ccc4c(c3)CC(=O)CO4)CC2)c1. The van der Waals surface area contributed by atoms with Crippen LogP contribution in [-0.2, 0) is 22.4 Å². The van der Waals surface area contributed by atoms with Crippen molar-refractivity contribution in [3.8, 4) is 23.0 Å². The van der Waals surface area contributed by atoms with Gasteiger partial charge in [-0.05, 0) is 145 Å². The van der Waals surface area contributed by atoms with Crippen LogP contribution in [0.15, 0.2) is 133 Å². The largest absolute Gasteiger partial charge is 0.497 e. The number of methoxy groups -OCH3 is 2. The van der Waals surface area contributed by atoms with Crippen LogP contribution < -0.4 is 18.9 Å². The van der Waals surface area contributed by atoms with Crippen molar-refractivity contribution in [1.29, 1.82) is 0 Å². The van der Waals surface area contributed by atoms with E-state index in [-0.39, 0.29) is 60.1 Å². The lowest BCUT2D eigenvalue weighted by atomic mass is 9.76. The molecule has 0 spiro atoms. The number of amides is 2. The van der Waals surface area contributed by atoms with E-state index in [0.29, 0.717) is 73.5 Å². The molecule has 2 atom stereocenters. The Morgan fingerprint density at radius 3 is 1.27 bits per heavy atom. The smallest absolute Gasteiger partial charge is 0.253 e. The highest BCUT2D eigenvalue weighted by Gasteiger charge is 2.34. The number of carbonyl (C=O) groups is 4. The van der Waals surface area contributed by atoms with Crippen LogP contribution in [0.5, 0.6) is 23.0 Å². The van der Waals surface area contributed by atoms with E-state index in [4.69, 9.17) is 18.9 Å². The number of likely N-dealkylation sites (tertiary alicyclic amines) is 2. The highest BCUT2D eigenvalue weighted by Crippen LogP contribution is 2.41. The molecule has 0 radical (unpaired) electrons. The average molecular weight is 947 g/mol. The van der Waals surface area contributed by atoms with Crippen LogP contribution in [0.2, 0.25) is 0 Å². The molecule has 12 heteroatoms. The fourth-order valence-electron chi connectivity index (χ4n) is 10.5. The number of rotatable bonds is 10. The average Bonchev–Trinajstić information content (AvgIpc) is 3.39. The van der Waals surface area contributed by atoms with E-state index < -0.39 is 0 Å². The molecular formula is C58H56F2N2O8. The third-order valence-electron chi connectivity index (χ3n) is 14.1. The molecule has 2 fully saturated rings. The second-order valence-electron chi connectivity index (χ2n) is 18.5. The van der Waals surface area contributed by atoms with Crippen LogP contribution in [0.3, 0.4) is 0 Å². The molecule has 2 saturated heterocycles. The number of ether oxygens (including phenoxy) is 4. The molecule has 6 aromatic carbocycles. The summed E-state index contributed by atoms with van der Waals surface area (Å²) < 4.78 is 49.1. The summed E-state index contributed by atoms with van der Waals surface area (Å²) in [5.41, 5.74) is 7.09. The number of halogens is 2. The van der Waals surface area contributed by atoms with E-state index >= 15 is 0 Å². The Labute approximate surface area is 407 Å². The molecule has 10 nitrogen and oxygen atoms in total. The predicted octanol–water partition coefficient (Wildman–Crippen LogP) is 10.0. The zero-order valence-corrected chi connectivity index (χ0v) is 39.4. The zero-order chi connectivity index (χ0) is 48.7. The first-order chi connectivity index (χ1) is 34.0. The molecule has 0 unspecified atom stereocenters. The van der Waals surface area contributed by atoms with Gasteiger partial charge in [0.05, 0.1) is 14.2 Å². The Morgan fingerprint density at radius 1 is 0.514 bits per heavy atom. The van der Waals surface area contributed by atoms with Crippen LogP contribution in [0.25, 0.3) is 0 Å². The fourth-order valence-corrected chi connectivity index (χ4v) is 10.5. The number of fused-ring (bicyclic) bond motifs is 2. The lowest BCUT2D eigenvalue weighted by molar-refractivity contribution is -0.122. The molecule has 2 amide bonds. The van der Waals surface area contributed by atoms with Gasteiger partial charge in [0, 0.05) is 73.1 Å². The Hall–Kier alpha value is -7.34. The Morgan fingerprint density at radius 2 is 0.900 bits per heavy atom. The van der Waals surface area contributed by atoms with Crippen molar-refractivity contribution in [3.63, 3.8) is 0 Å². The number of nitrogens with zero attached hydrogens (tertiary/aromatic N) is 2.